The smallest absolute Gasteiger partial charge is 0.340 e. The van der Waals surface area contributed by atoms with Crippen molar-refractivity contribution >= 4 is 5.97 Å². The van der Waals surface area contributed by atoms with Crippen molar-refractivity contribution in [1.82, 2.24) is 4.98 Å². The van der Waals surface area contributed by atoms with E-state index in [1.54, 1.807) is 0 Å². The number of carbonyl (C=O) groups is 1. The minimum Gasteiger partial charge on any atom is -0.465 e. The molecule has 0 radical (unpaired) electrons. The van der Waals surface area contributed by atoms with Gasteiger partial charge in [0.15, 0.2) is 0 Å². The summed E-state index contributed by atoms with van der Waals surface area (Å²) in [7, 11) is 1.40. The van der Waals surface area contributed by atoms with Crippen LogP contribution in [0.3, 0.4) is 0 Å². The van der Waals surface area contributed by atoms with Gasteiger partial charge in [0.25, 0.3) is 0 Å². The lowest BCUT2D eigenvalue weighted by atomic mass is 9.96. The topological polar surface area (TPSA) is 39.2 Å². The summed E-state index contributed by atoms with van der Waals surface area (Å²) in [6.45, 7) is 6.03. The number of esters is 1. The summed E-state index contributed by atoms with van der Waals surface area (Å²) >= 11 is 0. The number of rotatable bonds is 4. The van der Waals surface area contributed by atoms with Crippen molar-refractivity contribution in [3.8, 4) is 11.1 Å². The minimum absolute atomic E-state index is 0.335. The van der Waals surface area contributed by atoms with Gasteiger partial charge in [0, 0.05) is 5.69 Å². The summed E-state index contributed by atoms with van der Waals surface area (Å²) in [4.78, 5) is 16.6. The average molecular weight is 283 g/mol. The van der Waals surface area contributed by atoms with Crippen LogP contribution in [0, 0.1) is 13.8 Å². The van der Waals surface area contributed by atoms with Crippen molar-refractivity contribution < 1.29 is 9.53 Å². The van der Waals surface area contributed by atoms with Gasteiger partial charge in [-0.1, -0.05) is 43.2 Å². The van der Waals surface area contributed by atoms with E-state index in [2.05, 4.69) is 11.9 Å². The van der Waals surface area contributed by atoms with Gasteiger partial charge in [0.05, 0.1) is 18.4 Å². The number of methoxy groups -OCH3 is 1. The zero-order valence-corrected chi connectivity index (χ0v) is 13.1. The summed E-state index contributed by atoms with van der Waals surface area (Å²) < 4.78 is 4.92. The number of aromatic nitrogens is 1. The van der Waals surface area contributed by atoms with Crippen LogP contribution in [0.25, 0.3) is 11.1 Å². The Bertz CT molecular complexity index is 645. The Morgan fingerprint density at radius 1 is 1.19 bits per heavy atom. The fourth-order valence-electron chi connectivity index (χ4n) is 2.44. The molecule has 110 valence electrons. The molecular formula is C18H21NO2. The number of pyridine rings is 1. The van der Waals surface area contributed by atoms with Crippen molar-refractivity contribution in [2.75, 3.05) is 7.11 Å². The van der Waals surface area contributed by atoms with Gasteiger partial charge in [-0.2, -0.15) is 0 Å². The van der Waals surface area contributed by atoms with Gasteiger partial charge in [-0.05, 0) is 37.5 Å². The van der Waals surface area contributed by atoms with Crippen LogP contribution in [-0.4, -0.2) is 18.1 Å². The maximum atomic E-state index is 12.1. The van der Waals surface area contributed by atoms with Crippen LogP contribution in [0.15, 0.2) is 30.3 Å². The second-order valence-corrected chi connectivity index (χ2v) is 5.23. The Morgan fingerprint density at radius 3 is 2.43 bits per heavy atom. The van der Waals surface area contributed by atoms with Crippen LogP contribution in [0.5, 0.6) is 0 Å². The molecule has 0 N–H and O–H groups in total. The Labute approximate surface area is 126 Å². The maximum absolute atomic E-state index is 12.1. The van der Waals surface area contributed by atoms with Gasteiger partial charge in [0.2, 0.25) is 0 Å². The molecule has 0 aliphatic carbocycles. The Morgan fingerprint density at radius 2 is 1.86 bits per heavy atom. The Balaban J connectivity index is 2.64. The van der Waals surface area contributed by atoms with Crippen molar-refractivity contribution in [1.29, 1.82) is 0 Å². The van der Waals surface area contributed by atoms with Crippen LogP contribution < -0.4 is 0 Å². The van der Waals surface area contributed by atoms with Crippen LogP contribution in [0.1, 0.15) is 40.7 Å². The Kier molecular flexibility index (Phi) is 4.73. The van der Waals surface area contributed by atoms with Crippen molar-refractivity contribution in [3.63, 3.8) is 0 Å². The summed E-state index contributed by atoms with van der Waals surface area (Å²) in [5.74, 6) is -0.335. The van der Waals surface area contributed by atoms with Gasteiger partial charge in [0.1, 0.15) is 0 Å². The first-order valence-electron chi connectivity index (χ1n) is 7.22. The largest absolute Gasteiger partial charge is 0.465 e. The van der Waals surface area contributed by atoms with Crippen LogP contribution >= 0.6 is 0 Å². The van der Waals surface area contributed by atoms with Crippen LogP contribution in [0.4, 0.5) is 0 Å². The molecule has 0 aliphatic heterocycles. The minimum atomic E-state index is -0.335. The third-order valence-corrected chi connectivity index (χ3v) is 3.51. The number of nitrogens with zero attached hydrogens (tertiary/aromatic N) is 1. The van der Waals surface area contributed by atoms with E-state index in [0.717, 1.165) is 35.4 Å². The van der Waals surface area contributed by atoms with Gasteiger partial charge < -0.3 is 4.74 Å². The number of aryl methyl sites for hydroxylation is 3. The molecule has 3 heteroatoms. The highest BCUT2D eigenvalue weighted by atomic mass is 16.5. The standard InChI is InChI=1S/C18H21NO2/c1-5-6-15-11-16(14-9-7-12(2)8-10-14)17(13(3)19-15)18(20)21-4/h7-11H,5-6H2,1-4H3. The van der Waals surface area contributed by atoms with E-state index in [0.29, 0.717) is 5.56 Å². The molecule has 0 fully saturated rings. The second-order valence-electron chi connectivity index (χ2n) is 5.23. The molecular weight excluding hydrogens is 262 g/mol. The second kappa shape index (κ2) is 6.53. The number of hydrogen-bond donors (Lipinski definition) is 0. The highest BCUT2D eigenvalue weighted by Crippen LogP contribution is 2.28. The van der Waals surface area contributed by atoms with Gasteiger partial charge >= 0.3 is 5.97 Å². The van der Waals surface area contributed by atoms with E-state index < -0.39 is 0 Å². The molecule has 3 nitrogen and oxygen atoms in total. The number of ether oxygens (including phenoxy) is 1. The number of hydrogen-bond acceptors (Lipinski definition) is 3. The van der Waals surface area contributed by atoms with E-state index in [1.807, 2.05) is 44.2 Å². The van der Waals surface area contributed by atoms with Gasteiger partial charge in [-0.25, -0.2) is 4.79 Å². The first kappa shape index (κ1) is 15.2. The van der Waals surface area contributed by atoms with E-state index in [4.69, 9.17) is 4.74 Å². The quantitative estimate of drug-likeness (QED) is 0.793. The predicted octanol–water partition coefficient (Wildman–Crippen LogP) is 4.10. The number of benzene rings is 1. The molecule has 0 spiro atoms. The first-order chi connectivity index (χ1) is 10.1. The molecule has 1 aromatic carbocycles. The van der Waals surface area contributed by atoms with E-state index >= 15 is 0 Å². The predicted molar refractivity (Wildman–Crippen MR) is 84.5 cm³/mol. The highest BCUT2D eigenvalue weighted by molar-refractivity contribution is 5.98. The monoisotopic (exact) mass is 283 g/mol. The summed E-state index contributed by atoms with van der Waals surface area (Å²) in [6.07, 6.45) is 1.93. The third-order valence-electron chi connectivity index (χ3n) is 3.51. The molecule has 2 rings (SSSR count). The summed E-state index contributed by atoms with van der Waals surface area (Å²) in [5.41, 5.74) is 5.40. The van der Waals surface area contributed by atoms with Gasteiger partial charge in [-0.3, -0.25) is 4.98 Å². The maximum Gasteiger partial charge on any atom is 0.340 e. The lowest BCUT2D eigenvalue weighted by Gasteiger charge is -2.13. The number of carbonyl (C=O) groups excluding carboxylic acids is 1. The molecule has 0 saturated heterocycles. The molecule has 0 aliphatic rings. The third kappa shape index (κ3) is 3.30. The fourth-order valence-corrected chi connectivity index (χ4v) is 2.44. The van der Waals surface area contributed by atoms with Crippen molar-refractivity contribution in [3.05, 3.63) is 52.8 Å². The first-order valence-corrected chi connectivity index (χ1v) is 7.22. The van der Waals surface area contributed by atoms with E-state index in [1.165, 1.54) is 12.7 Å². The zero-order valence-electron chi connectivity index (χ0n) is 13.1. The molecule has 0 bridgehead atoms. The molecule has 21 heavy (non-hydrogen) atoms. The fraction of sp³-hybridized carbons (Fsp3) is 0.333. The Hall–Kier alpha value is -2.16. The lowest BCUT2D eigenvalue weighted by Crippen LogP contribution is -2.09. The molecule has 1 aromatic heterocycles. The van der Waals surface area contributed by atoms with Crippen molar-refractivity contribution in [2.45, 2.75) is 33.6 Å². The lowest BCUT2D eigenvalue weighted by molar-refractivity contribution is 0.0600. The summed E-state index contributed by atoms with van der Waals surface area (Å²) in [6, 6.07) is 10.2. The SMILES string of the molecule is CCCc1cc(-c2ccc(C)cc2)c(C(=O)OC)c(C)n1. The van der Waals surface area contributed by atoms with Crippen molar-refractivity contribution in [2.24, 2.45) is 0 Å². The van der Waals surface area contributed by atoms with Crippen LogP contribution in [0.2, 0.25) is 0 Å². The average Bonchev–Trinajstić information content (AvgIpc) is 2.47. The molecule has 0 unspecified atom stereocenters. The van der Waals surface area contributed by atoms with Crippen LogP contribution in [-0.2, 0) is 11.2 Å². The van der Waals surface area contributed by atoms with Gasteiger partial charge in [-0.15, -0.1) is 0 Å². The van der Waals surface area contributed by atoms with E-state index in [9.17, 15) is 4.79 Å². The molecule has 0 atom stereocenters. The molecule has 2 aromatic rings. The molecule has 1 heterocycles. The zero-order chi connectivity index (χ0) is 15.4. The molecule has 0 amide bonds. The van der Waals surface area contributed by atoms with E-state index in [-0.39, 0.29) is 5.97 Å². The molecule has 0 saturated carbocycles. The summed E-state index contributed by atoms with van der Waals surface area (Å²) in [5, 5.41) is 0. The normalized spacial score (nSPS) is 10.5. The highest BCUT2D eigenvalue weighted by Gasteiger charge is 2.18.